The number of hydrogen-bond acceptors (Lipinski definition) is 3. The number of rotatable bonds is 5. The SMILES string of the molecule is CCC(C)NC(=O)COc1cc(N)cc(Br)c1. The second-order valence-corrected chi connectivity index (χ2v) is 4.80. The molecule has 0 aliphatic heterocycles. The molecule has 0 heterocycles. The largest absolute Gasteiger partial charge is 0.484 e. The quantitative estimate of drug-likeness (QED) is 0.820. The first-order chi connectivity index (χ1) is 8.01. The van der Waals surface area contributed by atoms with E-state index in [1.54, 1.807) is 18.2 Å². The maximum Gasteiger partial charge on any atom is 0.258 e. The highest BCUT2D eigenvalue weighted by Crippen LogP contribution is 2.22. The molecule has 1 aromatic carbocycles. The van der Waals surface area contributed by atoms with E-state index in [0.717, 1.165) is 10.9 Å². The van der Waals surface area contributed by atoms with Crippen molar-refractivity contribution in [1.82, 2.24) is 5.32 Å². The van der Waals surface area contributed by atoms with Crippen molar-refractivity contribution in [3.63, 3.8) is 0 Å². The number of anilines is 1. The fourth-order valence-electron chi connectivity index (χ4n) is 1.24. The molecule has 0 spiro atoms. The number of amides is 1. The second kappa shape index (κ2) is 6.49. The van der Waals surface area contributed by atoms with E-state index in [-0.39, 0.29) is 18.6 Å². The molecule has 17 heavy (non-hydrogen) atoms. The fraction of sp³-hybridized carbons (Fsp3) is 0.417. The minimum absolute atomic E-state index is 0.000231. The summed E-state index contributed by atoms with van der Waals surface area (Å²) in [4.78, 5) is 11.5. The highest BCUT2D eigenvalue weighted by atomic mass is 79.9. The standard InChI is InChI=1S/C12H17BrN2O2/c1-3-8(2)15-12(16)7-17-11-5-9(13)4-10(14)6-11/h4-6,8H,3,7,14H2,1-2H3,(H,15,16). The molecule has 0 radical (unpaired) electrons. The third kappa shape index (κ3) is 5.08. The lowest BCUT2D eigenvalue weighted by molar-refractivity contribution is -0.123. The lowest BCUT2D eigenvalue weighted by Gasteiger charge is -2.12. The Bertz CT molecular complexity index is 376. The van der Waals surface area contributed by atoms with E-state index in [4.69, 9.17) is 10.5 Å². The molecule has 0 saturated heterocycles. The van der Waals surface area contributed by atoms with Gasteiger partial charge in [-0.15, -0.1) is 0 Å². The molecular weight excluding hydrogens is 284 g/mol. The average Bonchev–Trinajstić information content (AvgIpc) is 2.25. The van der Waals surface area contributed by atoms with Gasteiger partial charge in [0.15, 0.2) is 6.61 Å². The molecule has 0 bridgehead atoms. The zero-order valence-corrected chi connectivity index (χ0v) is 11.6. The van der Waals surface area contributed by atoms with Crippen molar-refractivity contribution in [1.29, 1.82) is 0 Å². The lowest BCUT2D eigenvalue weighted by atomic mass is 10.2. The lowest BCUT2D eigenvalue weighted by Crippen LogP contribution is -2.35. The maximum absolute atomic E-state index is 11.5. The summed E-state index contributed by atoms with van der Waals surface area (Å²) in [5.41, 5.74) is 6.25. The Hall–Kier alpha value is -1.23. The molecule has 0 aromatic heterocycles. The van der Waals surface area contributed by atoms with Crippen LogP contribution in [-0.2, 0) is 4.79 Å². The number of hydrogen-bond donors (Lipinski definition) is 2. The summed E-state index contributed by atoms with van der Waals surface area (Å²) in [5.74, 6) is 0.453. The van der Waals surface area contributed by atoms with Gasteiger partial charge in [0.1, 0.15) is 5.75 Å². The Morgan fingerprint density at radius 1 is 1.53 bits per heavy atom. The van der Waals surface area contributed by atoms with E-state index in [9.17, 15) is 4.79 Å². The molecule has 0 aliphatic carbocycles. The predicted octanol–water partition coefficient (Wildman–Crippen LogP) is 2.32. The van der Waals surface area contributed by atoms with Crippen LogP contribution >= 0.6 is 15.9 Å². The Kier molecular flexibility index (Phi) is 5.28. The number of halogens is 1. The molecule has 3 N–H and O–H groups in total. The van der Waals surface area contributed by atoms with Gasteiger partial charge in [-0.2, -0.15) is 0 Å². The van der Waals surface area contributed by atoms with Crippen molar-refractivity contribution in [2.45, 2.75) is 26.3 Å². The number of nitrogens with one attached hydrogen (secondary N) is 1. The van der Waals surface area contributed by atoms with Crippen LogP contribution < -0.4 is 15.8 Å². The Balaban J connectivity index is 2.47. The van der Waals surface area contributed by atoms with Crippen LogP contribution in [0.2, 0.25) is 0 Å². The minimum Gasteiger partial charge on any atom is -0.484 e. The van der Waals surface area contributed by atoms with Gasteiger partial charge in [0.25, 0.3) is 5.91 Å². The molecule has 1 amide bonds. The maximum atomic E-state index is 11.5. The van der Waals surface area contributed by atoms with Gasteiger partial charge in [0.05, 0.1) is 0 Å². The van der Waals surface area contributed by atoms with E-state index >= 15 is 0 Å². The molecule has 94 valence electrons. The molecule has 0 saturated carbocycles. The normalized spacial score (nSPS) is 11.9. The zero-order chi connectivity index (χ0) is 12.8. The van der Waals surface area contributed by atoms with Crippen molar-refractivity contribution >= 4 is 27.5 Å². The monoisotopic (exact) mass is 300 g/mol. The summed E-state index contributed by atoms with van der Waals surface area (Å²) in [6.45, 7) is 3.97. The first kappa shape index (κ1) is 13.8. The number of benzene rings is 1. The van der Waals surface area contributed by atoms with E-state index in [2.05, 4.69) is 21.2 Å². The summed E-state index contributed by atoms with van der Waals surface area (Å²) in [6.07, 6.45) is 0.898. The molecule has 1 aromatic rings. The van der Waals surface area contributed by atoms with Crippen LogP contribution in [0.3, 0.4) is 0 Å². The number of nitrogen functional groups attached to an aromatic ring is 1. The third-order valence-electron chi connectivity index (χ3n) is 2.28. The molecule has 0 fully saturated rings. The second-order valence-electron chi connectivity index (χ2n) is 3.89. The Morgan fingerprint density at radius 3 is 2.82 bits per heavy atom. The Morgan fingerprint density at radius 2 is 2.24 bits per heavy atom. The van der Waals surface area contributed by atoms with Crippen molar-refractivity contribution in [2.75, 3.05) is 12.3 Å². The molecule has 1 unspecified atom stereocenters. The average molecular weight is 301 g/mol. The minimum atomic E-state index is -0.127. The fourth-order valence-corrected chi connectivity index (χ4v) is 1.73. The molecule has 0 aliphatic rings. The van der Waals surface area contributed by atoms with Gasteiger partial charge in [0.2, 0.25) is 0 Å². The molecule has 5 heteroatoms. The summed E-state index contributed by atoms with van der Waals surface area (Å²) in [6, 6.07) is 5.39. The van der Waals surface area contributed by atoms with Gasteiger partial charge in [-0.05, 0) is 25.5 Å². The van der Waals surface area contributed by atoms with Crippen LogP contribution in [0.25, 0.3) is 0 Å². The summed E-state index contributed by atoms with van der Waals surface area (Å²) in [7, 11) is 0. The van der Waals surface area contributed by atoms with Crippen molar-refractivity contribution in [3.8, 4) is 5.75 Å². The summed E-state index contributed by atoms with van der Waals surface area (Å²) >= 11 is 3.31. The van der Waals surface area contributed by atoms with Gasteiger partial charge >= 0.3 is 0 Å². The molecule has 1 rings (SSSR count). The molecule has 1 atom stereocenters. The first-order valence-corrected chi connectivity index (χ1v) is 6.28. The highest BCUT2D eigenvalue weighted by Gasteiger charge is 2.06. The van der Waals surface area contributed by atoms with Gasteiger partial charge in [0, 0.05) is 22.3 Å². The predicted molar refractivity (Wildman–Crippen MR) is 71.9 cm³/mol. The number of ether oxygens (including phenoxy) is 1. The van der Waals surface area contributed by atoms with Gasteiger partial charge in [-0.3, -0.25) is 4.79 Å². The number of nitrogens with two attached hydrogens (primary N) is 1. The van der Waals surface area contributed by atoms with Crippen LogP contribution in [-0.4, -0.2) is 18.6 Å². The van der Waals surface area contributed by atoms with Crippen LogP contribution in [0, 0.1) is 0 Å². The topological polar surface area (TPSA) is 64.3 Å². The number of carbonyl (C=O) groups is 1. The van der Waals surface area contributed by atoms with Crippen LogP contribution in [0.1, 0.15) is 20.3 Å². The van der Waals surface area contributed by atoms with Gasteiger partial charge in [-0.25, -0.2) is 0 Å². The van der Waals surface area contributed by atoms with Crippen LogP contribution in [0.4, 0.5) is 5.69 Å². The molecule has 4 nitrogen and oxygen atoms in total. The summed E-state index contributed by atoms with van der Waals surface area (Å²) in [5, 5.41) is 2.82. The van der Waals surface area contributed by atoms with Crippen molar-refractivity contribution < 1.29 is 9.53 Å². The van der Waals surface area contributed by atoms with E-state index in [1.807, 2.05) is 13.8 Å². The summed E-state index contributed by atoms with van der Waals surface area (Å²) < 4.78 is 6.18. The van der Waals surface area contributed by atoms with Crippen molar-refractivity contribution in [2.24, 2.45) is 0 Å². The van der Waals surface area contributed by atoms with Crippen LogP contribution in [0.5, 0.6) is 5.75 Å². The number of carbonyl (C=O) groups excluding carboxylic acids is 1. The highest BCUT2D eigenvalue weighted by molar-refractivity contribution is 9.10. The third-order valence-corrected chi connectivity index (χ3v) is 2.74. The van der Waals surface area contributed by atoms with Crippen molar-refractivity contribution in [3.05, 3.63) is 22.7 Å². The van der Waals surface area contributed by atoms with Gasteiger partial charge < -0.3 is 15.8 Å². The van der Waals surface area contributed by atoms with E-state index in [0.29, 0.717) is 11.4 Å². The zero-order valence-electron chi connectivity index (χ0n) is 10.00. The molecular formula is C12H17BrN2O2. The Labute approximate surface area is 110 Å². The van der Waals surface area contributed by atoms with Crippen LogP contribution in [0.15, 0.2) is 22.7 Å². The first-order valence-electron chi connectivity index (χ1n) is 5.49. The van der Waals surface area contributed by atoms with Gasteiger partial charge in [-0.1, -0.05) is 22.9 Å². The van der Waals surface area contributed by atoms with E-state index < -0.39 is 0 Å². The van der Waals surface area contributed by atoms with E-state index in [1.165, 1.54) is 0 Å². The smallest absolute Gasteiger partial charge is 0.258 e.